The lowest BCUT2D eigenvalue weighted by atomic mass is 10.2. The maximum atomic E-state index is 12.4. The van der Waals surface area contributed by atoms with Crippen molar-refractivity contribution in [2.24, 2.45) is 0 Å². The minimum Gasteiger partial charge on any atom is -0.497 e. The molecule has 7 nitrogen and oxygen atoms in total. The van der Waals surface area contributed by atoms with Crippen LogP contribution in [-0.2, 0) is 25.7 Å². The molecule has 0 amide bonds. The number of anilines is 1. The van der Waals surface area contributed by atoms with Crippen LogP contribution in [0.2, 0.25) is 0 Å². The van der Waals surface area contributed by atoms with Gasteiger partial charge in [-0.25, -0.2) is 10.3 Å². The van der Waals surface area contributed by atoms with Crippen molar-refractivity contribution in [2.45, 2.75) is 18.4 Å². The summed E-state index contributed by atoms with van der Waals surface area (Å²) in [4.78, 5) is 12.4. The van der Waals surface area contributed by atoms with Gasteiger partial charge in [-0.3, -0.25) is 0 Å². The Morgan fingerprint density at radius 1 is 0.967 bits per heavy atom. The Morgan fingerprint density at radius 3 is 2.33 bits per heavy atom. The van der Waals surface area contributed by atoms with Crippen LogP contribution in [0.5, 0.6) is 5.75 Å². The number of aryl methyl sites for hydroxylation is 1. The summed E-state index contributed by atoms with van der Waals surface area (Å²) in [7, 11) is -2.61. The Morgan fingerprint density at radius 2 is 1.67 bits per heavy atom. The number of benzene rings is 3. The highest BCUT2D eigenvalue weighted by atomic mass is 32.2. The van der Waals surface area contributed by atoms with Crippen LogP contribution in [0.3, 0.4) is 0 Å². The third kappa shape index (κ3) is 5.59. The van der Waals surface area contributed by atoms with Gasteiger partial charge in [0.15, 0.2) is 0 Å². The first-order valence-corrected chi connectivity index (χ1v) is 10.4. The first-order valence-electron chi connectivity index (χ1n) is 9.04. The van der Waals surface area contributed by atoms with Gasteiger partial charge in [-0.15, -0.1) is 4.28 Å². The molecule has 8 heteroatoms. The molecule has 3 aromatic rings. The second-order valence-corrected chi connectivity index (χ2v) is 8.01. The van der Waals surface area contributed by atoms with E-state index in [1.807, 2.05) is 37.3 Å². The molecule has 0 atom stereocenters. The summed E-state index contributed by atoms with van der Waals surface area (Å²) in [6, 6.07) is 19.9. The van der Waals surface area contributed by atoms with Gasteiger partial charge in [0, 0.05) is 6.07 Å². The molecule has 0 aliphatic carbocycles. The summed E-state index contributed by atoms with van der Waals surface area (Å²) < 4.78 is 40.1. The average molecular weight is 427 g/mol. The molecule has 30 heavy (non-hydrogen) atoms. The first-order chi connectivity index (χ1) is 14.4. The fourth-order valence-corrected chi connectivity index (χ4v) is 3.33. The lowest BCUT2D eigenvalue weighted by molar-refractivity contribution is 0.0472. The summed E-state index contributed by atoms with van der Waals surface area (Å²) in [5.74, 6) is -0.245. The number of hydrogen-bond acceptors (Lipinski definition) is 7. The number of hydrogen-bond donors (Lipinski definition) is 1. The topological polar surface area (TPSA) is 90.9 Å². The Labute approximate surface area is 175 Å². The van der Waals surface area contributed by atoms with Crippen molar-refractivity contribution in [1.82, 2.24) is 0 Å². The van der Waals surface area contributed by atoms with Crippen LogP contribution in [0.15, 0.2) is 77.7 Å². The highest BCUT2D eigenvalue weighted by molar-refractivity contribution is 7.86. The van der Waals surface area contributed by atoms with Gasteiger partial charge in [0.1, 0.15) is 12.4 Å². The Hall–Kier alpha value is -3.36. The van der Waals surface area contributed by atoms with Gasteiger partial charge in [-0.2, -0.15) is 8.42 Å². The lowest BCUT2D eigenvalue weighted by Crippen LogP contribution is -2.12. The number of esters is 1. The highest BCUT2D eigenvalue weighted by Gasteiger charge is 2.17. The van der Waals surface area contributed by atoms with Crippen molar-refractivity contribution in [1.29, 1.82) is 0 Å². The molecule has 0 aromatic heterocycles. The van der Waals surface area contributed by atoms with Crippen molar-refractivity contribution in [3.8, 4) is 5.75 Å². The number of rotatable bonds is 8. The standard InChI is InChI=1S/C22H21NO6S/c1-16-8-10-21(11-9-16)30(25,26)29-23-19-12-18(13-20(14-19)27-2)22(24)28-15-17-6-4-3-5-7-17/h3-14,23H,15H2,1-2H3. The normalized spacial score (nSPS) is 11.0. The largest absolute Gasteiger partial charge is 0.497 e. The van der Waals surface area contributed by atoms with Gasteiger partial charge < -0.3 is 9.47 Å². The summed E-state index contributed by atoms with van der Waals surface area (Å²) >= 11 is 0. The molecular formula is C22H21NO6S. The van der Waals surface area contributed by atoms with Crippen LogP contribution in [-0.4, -0.2) is 21.5 Å². The Balaban J connectivity index is 1.72. The van der Waals surface area contributed by atoms with E-state index in [9.17, 15) is 13.2 Å². The van der Waals surface area contributed by atoms with Crippen molar-refractivity contribution in [3.63, 3.8) is 0 Å². The molecule has 0 aliphatic rings. The minimum atomic E-state index is -4.04. The predicted octanol–water partition coefficient (Wildman–Crippen LogP) is 4.09. The van der Waals surface area contributed by atoms with Gasteiger partial charge in [0.2, 0.25) is 0 Å². The third-order valence-corrected chi connectivity index (χ3v) is 5.32. The van der Waals surface area contributed by atoms with Crippen molar-refractivity contribution < 1.29 is 27.0 Å². The molecule has 3 aromatic carbocycles. The van der Waals surface area contributed by atoms with Gasteiger partial charge in [-0.05, 0) is 36.8 Å². The van der Waals surface area contributed by atoms with Crippen molar-refractivity contribution in [3.05, 3.63) is 89.5 Å². The van der Waals surface area contributed by atoms with Gasteiger partial charge in [0.25, 0.3) is 0 Å². The van der Waals surface area contributed by atoms with E-state index in [1.54, 1.807) is 12.1 Å². The molecule has 0 radical (unpaired) electrons. The van der Waals surface area contributed by atoms with Crippen LogP contribution in [0.4, 0.5) is 5.69 Å². The zero-order valence-electron chi connectivity index (χ0n) is 16.5. The summed E-state index contributed by atoms with van der Waals surface area (Å²) in [6.07, 6.45) is 0. The molecule has 0 fully saturated rings. The second kappa shape index (κ2) is 9.43. The van der Waals surface area contributed by atoms with Gasteiger partial charge >= 0.3 is 16.1 Å². The maximum Gasteiger partial charge on any atom is 0.338 e. The molecule has 0 aliphatic heterocycles. The number of nitrogens with one attached hydrogen (secondary N) is 1. The molecule has 0 heterocycles. The van der Waals surface area contributed by atoms with Crippen molar-refractivity contribution >= 4 is 21.8 Å². The van der Waals surface area contributed by atoms with E-state index < -0.39 is 16.1 Å². The van der Waals surface area contributed by atoms with E-state index in [2.05, 4.69) is 5.48 Å². The molecule has 0 spiro atoms. The molecule has 3 rings (SSSR count). The van der Waals surface area contributed by atoms with E-state index in [1.165, 1.54) is 37.4 Å². The average Bonchev–Trinajstić information content (AvgIpc) is 2.77. The van der Waals surface area contributed by atoms with Crippen LogP contribution in [0, 0.1) is 6.92 Å². The molecule has 1 N–H and O–H groups in total. The molecule has 156 valence electrons. The molecule has 0 saturated carbocycles. The monoisotopic (exact) mass is 427 g/mol. The van der Waals surface area contributed by atoms with Crippen LogP contribution in [0.25, 0.3) is 0 Å². The molecule has 0 saturated heterocycles. The summed E-state index contributed by atoms with van der Waals surface area (Å²) in [5.41, 5.74) is 4.54. The van der Waals surface area contributed by atoms with Crippen LogP contribution < -0.4 is 10.2 Å². The zero-order chi connectivity index (χ0) is 21.6. The summed E-state index contributed by atoms with van der Waals surface area (Å²) in [6.45, 7) is 1.96. The molecule has 0 unspecified atom stereocenters. The maximum absolute atomic E-state index is 12.4. The summed E-state index contributed by atoms with van der Waals surface area (Å²) in [5, 5.41) is 0. The van der Waals surface area contributed by atoms with Crippen LogP contribution >= 0.6 is 0 Å². The van der Waals surface area contributed by atoms with E-state index in [-0.39, 0.29) is 22.8 Å². The fourth-order valence-electron chi connectivity index (χ4n) is 2.56. The van der Waals surface area contributed by atoms with Gasteiger partial charge in [0.05, 0.1) is 23.3 Å². The molecular weight excluding hydrogens is 406 g/mol. The van der Waals surface area contributed by atoms with E-state index in [0.29, 0.717) is 5.75 Å². The van der Waals surface area contributed by atoms with E-state index in [0.717, 1.165) is 11.1 Å². The SMILES string of the molecule is COc1cc(NOS(=O)(=O)c2ccc(C)cc2)cc(C(=O)OCc2ccccc2)c1. The van der Waals surface area contributed by atoms with Crippen LogP contribution in [0.1, 0.15) is 21.5 Å². The van der Waals surface area contributed by atoms with Crippen molar-refractivity contribution in [2.75, 3.05) is 12.6 Å². The lowest BCUT2D eigenvalue weighted by Gasteiger charge is -2.11. The predicted molar refractivity (Wildman–Crippen MR) is 112 cm³/mol. The third-order valence-electron chi connectivity index (χ3n) is 4.17. The van der Waals surface area contributed by atoms with E-state index in [4.69, 9.17) is 13.8 Å². The zero-order valence-corrected chi connectivity index (χ0v) is 17.3. The Bertz CT molecular complexity index is 1110. The molecule has 0 bridgehead atoms. The first kappa shape index (κ1) is 21.4. The number of carbonyl (C=O) groups is 1. The second-order valence-electron chi connectivity index (χ2n) is 6.46. The fraction of sp³-hybridized carbons (Fsp3) is 0.136. The van der Waals surface area contributed by atoms with Gasteiger partial charge in [-0.1, -0.05) is 48.0 Å². The minimum absolute atomic E-state index is 0.00555. The van der Waals surface area contributed by atoms with E-state index >= 15 is 0 Å². The smallest absolute Gasteiger partial charge is 0.338 e. The highest BCUT2D eigenvalue weighted by Crippen LogP contribution is 2.23. The number of methoxy groups -OCH3 is 1. The number of ether oxygens (including phenoxy) is 2. The Kier molecular flexibility index (Phi) is 6.71. The quantitative estimate of drug-likeness (QED) is 0.428. The number of carbonyl (C=O) groups excluding carboxylic acids is 1.